The highest BCUT2D eigenvalue weighted by atomic mass is 32.1. The van der Waals surface area contributed by atoms with Gasteiger partial charge in [0.05, 0.1) is 18.2 Å². The summed E-state index contributed by atoms with van der Waals surface area (Å²) in [7, 11) is 1.56. The molecule has 26 heavy (non-hydrogen) atoms. The van der Waals surface area contributed by atoms with Crippen molar-refractivity contribution in [2.75, 3.05) is 20.2 Å². The maximum Gasteiger partial charge on any atom is 0.191 e. The predicted molar refractivity (Wildman–Crippen MR) is 105 cm³/mol. The Balaban J connectivity index is 1.92. The van der Waals surface area contributed by atoms with E-state index in [1.54, 1.807) is 30.6 Å². The number of nitrogens with one attached hydrogen (secondary N) is 2. The molecule has 2 rings (SSSR count). The van der Waals surface area contributed by atoms with Crippen LogP contribution in [0.4, 0.5) is 4.39 Å². The fourth-order valence-electron chi connectivity index (χ4n) is 2.42. The second-order valence-electron chi connectivity index (χ2n) is 5.80. The summed E-state index contributed by atoms with van der Waals surface area (Å²) in [6.45, 7) is 6.44. The van der Waals surface area contributed by atoms with Crippen LogP contribution in [0.2, 0.25) is 0 Å². The quantitative estimate of drug-likeness (QED) is 0.519. The van der Waals surface area contributed by atoms with E-state index >= 15 is 0 Å². The Morgan fingerprint density at radius 1 is 1.31 bits per heavy atom. The van der Waals surface area contributed by atoms with Gasteiger partial charge in [-0.3, -0.25) is 0 Å². The Morgan fingerprint density at radius 2 is 2.15 bits per heavy atom. The molecule has 0 aliphatic rings. The summed E-state index contributed by atoms with van der Waals surface area (Å²) >= 11 is 1.76. The normalized spacial score (nSPS) is 11.6. The van der Waals surface area contributed by atoms with Gasteiger partial charge in [-0.1, -0.05) is 13.0 Å². The minimum atomic E-state index is -0.250. The van der Waals surface area contributed by atoms with E-state index in [4.69, 9.17) is 4.74 Å². The maximum atomic E-state index is 13.7. The molecule has 0 fully saturated rings. The van der Waals surface area contributed by atoms with Crippen LogP contribution >= 0.6 is 11.3 Å². The van der Waals surface area contributed by atoms with Crippen LogP contribution < -0.4 is 10.6 Å². The number of aromatic nitrogens is 1. The molecule has 1 aromatic heterocycles. The first-order valence-corrected chi connectivity index (χ1v) is 9.69. The van der Waals surface area contributed by atoms with Crippen molar-refractivity contribution in [3.05, 3.63) is 51.2 Å². The van der Waals surface area contributed by atoms with Gasteiger partial charge in [-0.15, -0.1) is 11.3 Å². The molecule has 7 heteroatoms. The maximum absolute atomic E-state index is 13.7. The topological polar surface area (TPSA) is 58.5 Å². The molecule has 1 aromatic carbocycles. The monoisotopic (exact) mass is 378 g/mol. The third-order valence-corrected chi connectivity index (χ3v) is 4.96. The molecule has 0 radical (unpaired) electrons. The predicted octanol–water partition coefficient (Wildman–Crippen LogP) is 3.29. The van der Waals surface area contributed by atoms with Gasteiger partial charge in [0.2, 0.25) is 0 Å². The zero-order valence-electron chi connectivity index (χ0n) is 15.6. The summed E-state index contributed by atoms with van der Waals surface area (Å²) in [5.41, 5.74) is 1.50. The Labute approximate surface area is 158 Å². The molecule has 0 aliphatic carbocycles. The Kier molecular flexibility index (Phi) is 8.50. The number of aryl methyl sites for hydroxylation is 1. The molecular weight excluding hydrogens is 351 g/mol. The zero-order valence-corrected chi connectivity index (χ0v) is 16.5. The van der Waals surface area contributed by atoms with Crippen molar-refractivity contribution in [2.24, 2.45) is 4.99 Å². The number of benzene rings is 1. The Hall–Kier alpha value is -1.99. The van der Waals surface area contributed by atoms with Crippen molar-refractivity contribution in [2.45, 2.75) is 39.8 Å². The molecule has 0 aliphatic heterocycles. The number of thiazole rings is 1. The first-order valence-electron chi connectivity index (χ1n) is 8.88. The first kappa shape index (κ1) is 20.3. The molecule has 2 N–H and O–H groups in total. The molecule has 0 bridgehead atoms. The zero-order chi connectivity index (χ0) is 18.8. The van der Waals surface area contributed by atoms with Gasteiger partial charge in [0.25, 0.3) is 0 Å². The molecule has 1 heterocycles. The minimum Gasteiger partial charge on any atom is -0.380 e. The van der Waals surface area contributed by atoms with Crippen LogP contribution in [0.1, 0.15) is 34.9 Å². The summed E-state index contributed by atoms with van der Waals surface area (Å²) < 4.78 is 18.7. The van der Waals surface area contributed by atoms with E-state index in [9.17, 15) is 4.39 Å². The molecule has 142 valence electrons. The molecule has 5 nitrogen and oxygen atoms in total. The van der Waals surface area contributed by atoms with E-state index in [0.717, 1.165) is 42.5 Å². The van der Waals surface area contributed by atoms with E-state index in [1.165, 1.54) is 10.9 Å². The molecule has 0 spiro atoms. The SMILES string of the molecule is CCNC(=NCc1ccc(F)c(COC)c1)NCCc1ncc(CC)s1. The van der Waals surface area contributed by atoms with Crippen LogP contribution in [-0.4, -0.2) is 31.1 Å². The van der Waals surface area contributed by atoms with Gasteiger partial charge in [0, 0.05) is 43.3 Å². The second-order valence-corrected chi connectivity index (χ2v) is 7.00. The van der Waals surface area contributed by atoms with Crippen molar-refractivity contribution in [1.29, 1.82) is 0 Å². The Morgan fingerprint density at radius 3 is 2.85 bits per heavy atom. The smallest absolute Gasteiger partial charge is 0.191 e. The summed E-state index contributed by atoms with van der Waals surface area (Å²) in [5.74, 6) is 0.497. The van der Waals surface area contributed by atoms with Gasteiger partial charge in [-0.05, 0) is 31.0 Å². The lowest BCUT2D eigenvalue weighted by Gasteiger charge is -2.11. The van der Waals surface area contributed by atoms with E-state index in [0.29, 0.717) is 12.1 Å². The van der Waals surface area contributed by atoms with Gasteiger partial charge in [-0.25, -0.2) is 14.4 Å². The minimum absolute atomic E-state index is 0.250. The summed E-state index contributed by atoms with van der Waals surface area (Å²) in [4.78, 5) is 10.3. The van der Waals surface area contributed by atoms with Gasteiger partial charge in [-0.2, -0.15) is 0 Å². The van der Waals surface area contributed by atoms with Crippen molar-refractivity contribution < 1.29 is 9.13 Å². The number of hydrogen-bond donors (Lipinski definition) is 2. The van der Waals surface area contributed by atoms with Crippen molar-refractivity contribution in [3.8, 4) is 0 Å². The molecule has 0 saturated carbocycles. The molecule has 2 aromatic rings. The number of nitrogens with zero attached hydrogens (tertiary/aromatic N) is 2. The average Bonchev–Trinajstić information content (AvgIpc) is 3.10. The van der Waals surface area contributed by atoms with Gasteiger partial charge < -0.3 is 15.4 Å². The number of aliphatic imine (C=N–C) groups is 1. The highest BCUT2D eigenvalue weighted by Gasteiger charge is 2.05. The highest BCUT2D eigenvalue weighted by Crippen LogP contribution is 2.14. The number of methoxy groups -OCH3 is 1. The number of ether oxygens (including phenoxy) is 1. The largest absolute Gasteiger partial charge is 0.380 e. The van der Waals surface area contributed by atoms with Gasteiger partial charge in [0.1, 0.15) is 5.82 Å². The summed E-state index contributed by atoms with van der Waals surface area (Å²) in [6.07, 6.45) is 3.84. The fourth-order valence-corrected chi connectivity index (χ4v) is 3.28. The van der Waals surface area contributed by atoms with Crippen LogP contribution in [0.25, 0.3) is 0 Å². The van der Waals surface area contributed by atoms with Crippen molar-refractivity contribution in [1.82, 2.24) is 15.6 Å². The van der Waals surface area contributed by atoms with E-state index in [1.807, 2.05) is 13.1 Å². The van der Waals surface area contributed by atoms with Crippen molar-refractivity contribution in [3.63, 3.8) is 0 Å². The Bertz CT molecular complexity index is 717. The lowest BCUT2D eigenvalue weighted by atomic mass is 10.1. The van der Waals surface area contributed by atoms with Crippen LogP contribution in [0.3, 0.4) is 0 Å². The lowest BCUT2D eigenvalue weighted by molar-refractivity contribution is 0.181. The van der Waals surface area contributed by atoms with Gasteiger partial charge in [0.15, 0.2) is 5.96 Å². The molecular formula is C19H27FN4OS. The lowest BCUT2D eigenvalue weighted by Crippen LogP contribution is -2.38. The number of hydrogen-bond acceptors (Lipinski definition) is 4. The first-order chi connectivity index (χ1) is 12.7. The molecule has 0 unspecified atom stereocenters. The number of rotatable bonds is 9. The molecule has 0 atom stereocenters. The highest BCUT2D eigenvalue weighted by molar-refractivity contribution is 7.11. The second kappa shape index (κ2) is 10.9. The molecule has 0 amide bonds. The van der Waals surface area contributed by atoms with E-state index in [-0.39, 0.29) is 12.4 Å². The third kappa shape index (κ3) is 6.38. The summed E-state index contributed by atoms with van der Waals surface area (Å²) in [5, 5.41) is 7.69. The van der Waals surface area contributed by atoms with Crippen LogP contribution in [0.5, 0.6) is 0 Å². The number of guanidine groups is 1. The third-order valence-electron chi connectivity index (χ3n) is 3.76. The van der Waals surface area contributed by atoms with E-state index in [2.05, 4.69) is 27.5 Å². The number of halogens is 1. The van der Waals surface area contributed by atoms with Crippen molar-refractivity contribution >= 4 is 17.3 Å². The van der Waals surface area contributed by atoms with E-state index < -0.39 is 0 Å². The summed E-state index contributed by atoms with van der Waals surface area (Å²) in [6, 6.07) is 5.02. The van der Waals surface area contributed by atoms with Crippen LogP contribution in [-0.2, 0) is 30.7 Å². The average molecular weight is 379 g/mol. The fraction of sp³-hybridized carbons (Fsp3) is 0.474. The molecule has 0 saturated heterocycles. The standard InChI is InChI=1S/C19H27FN4OS/c1-4-16-12-23-18(26-16)8-9-22-19(21-5-2)24-11-14-6-7-17(20)15(10-14)13-25-3/h6-7,10,12H,4-5,8-9,11,13H2,1-3H3,(H2,21,22,24). The van der Waals surface area contributed by atoms with Gasteiger partial charge >= 0.3 is 0 Å². The van der Waals surface area contributed by atoms with Crippen LogP contribution in [0, 0.1) is 5.82 Å². The van der Waals surface area contributed by atoms with Crippen LogP contribution in [0.15, 0.2) is 29.4 Å².